The minimum absolute atomic E-state index is 0.0762. The van der Waals surface area contributed by atoms with Crippen LogP contribution >= 0.6 is 0 Å². The molecule has 6 nitrogen and oxygen atoms in total. The Morgan fingerprint density at radius 2 is 2.04 bits per heavy atom. The van der Waals surface area contributed by atoms with Gasteiger partial charge in [0.2, 0.25) is 0 Å². The third kappa shape index (κ3) is 4.54. The first-order valence-electron chi connectivity index (χ1n) is 8.62. The maximum absolute atomic E-state index is 12.5. The fraction of sp³-hybridized carbons (Fsp3) is 0.421. The van der Waals surface area contributed by atoms with Crippen molar-refractivity contribution in [1.82, 2.24) is 14.7 Å². The van der Waals surface area contributed by atoms with E-state index in [0.29, 0.717) is 25.4 Å². The number of nitrogens with zero attached hydrogens (tertiary/aromatic N) is 3. The van der Waals surface area contributed by atoms with Crippen LogP contribution in [0.1, 0.15) is 28.9 Å². The van der Waals surface area contributed by atoms with E-state index in [9.17, 15) is 9.59 Å². The van der Waals surface area contributed by atoms with E-state index in [1.807, 2.05) is 18.2 Å². The second-order valence-corrected chi connectivity index (χ2v) is 6.30. The molecule has 1 amide bonds. The van der Waals surface area contributed by atoms with Crippen LogP contribution < -0.4 is 5.56 Å². The van der Waals surface area contributed by atoms with Crippen LogP contribution in [0.3, 0.4) is 0 Å². The van der Waals surface area contributed by atoms with Crippen molar-refractivity contribution in [2.45, 2.75) is 25.4 Å². The smallest absolute Gasteiger partial charge is 0.274 e. The molecule has 1 fully saturated rings. The fourth-order valence-electron chi connectivity index (χ4n) is 3.00. The van der Waals surface area contributed by atoms with Gasteiger partial charge in [0.25, 0.3) is 11.5 Å². The van der Waals surface area contributed by atoms with Crippen molar-refractivity contribution in [2.75, 3.05) is 19.7 Å². The minimum Gasteiger partial charge on any atom is -0.376 e. The standard InChI is InChI=1S/C19H23N3O3/c1-21-18(23)10-9-17(20-21)19(24)22-12-11-16(14-22)25-13-5-8-15-6-3-2-4-7-15/h2-4,6-7,9-10,16H,5,8,11-14H2,1H3/t16-/m0/s1. The van der Waals surface area contributed by atoms with Crippen LogP contribution in [0.4, 0.5) is 0 Å². The number of hydrogen-bond donors (Lipinski definition) is 0. The van der Waals surface area contributed by atoms with Crippen molar-refractivity contribution in [3.63, 3.8) is 0 Å². The highest BCUT2D eigenvalue weighted by atomic mass is 16.5. The van der Waals surface area contributed by atoms with Gasteiger partial charge in [0.1, 0.15) is 5.69 Å². The number of hydrogen-bond acceptors (Lipinski definition) is 4. The summed E-state index contributed by atoms with van der Waals surface area (Å²) in [6, 6.07) is 13.2. The summed E-state index contributed by atoms with van der Waals surface area (Å²) in [4.78, 5) is 25.6. The number of likely N-dealkylation sites (tertiary alicyclic amines) is 1. The lowest BCUT2D eigenvalue weighted by Gasteiger charge is -2.16. The Morgan fingerprint density at radius 1 is 1.24 bits per heavy atom. The molecule has 25 heavy (non-hydrogen) atoms. The molecule has 1 aliphatic heterocycles. The molecule has 1 saturated heterocycles. The SMILES string of the molecule is Cn1nc(C(=O)N2CC[C@H](OCCCc3ccccc3)C2)ccc1=O. The molecule has 0 saturated carbocycles. The highest BCUT2D eigenvalue weighted by molar-refractivity contribution is 5.92. The minimum atomic E-state index is -0.224. The molecule has 1 aromatic carbocycles. The van der Waals surface area contributed by atoms with Crippen LogP contribution in [0.5, 0.6) is 0 Å². The normalized spacial score (nSPS) is 17.0. The van der Waals surface area contributed by atoms with E-state index in [-0.39, 0.29) is 17.6 Å². The number of amides is 1. The van der Waals surface area contributed by atoms with Crippen LogP contribution in [0.15, 0.2) is 47.3 Å². The lowest BCUT2D eigenvalue weighted by Crippen LogP contribution is -2.32. The monoisotopic (exact) mass is 341 g/mol. The molecule has 0 bridgehead atoms. The Labute approximate surface area is 147 Å². The fourth-order valence-corrected chi connectivity index (χ4v) is 3.00. The molecule has 2 aromatic rings. The zero-order valence-electron chi connectivity index (χ0n) is 14.4. The molecule has 1 aliphatic rings. The largest absolute Gasteiger partial charge is 0.376 e. The van der Waals surface area contributed by atoms with Crippen LogP contribution in [-0.4, -0.2) is 46.4 Å². The molecule has 2 heterocycles. The lowest BCUT2D eigenvalue weighted by molar-refractivity contribution is 0.0522. The van der Waals surface area contributed by atoms with Crippen LogP contribution in [-0.2, 0) is 18.2 Å². The Kier molecular flexibility index (Phi) is 5.60. The third-order valence-corrected chi connectivity index (χ3v) is 4.42. The first-order valence-corrected chi connectivity index (χ1v) is 8.62. The van der Waals surface area contributed by atoms with E-state index >= 15 is 0 Å². The summed E-state index contributed by atoms with van der Waals surface area (Å²) in [6.45, 7) is 1.93. The van der Waals surface area contributed by atoms with Crippen molar-refractivity contribution >= 4 is 5.91 Å². The zero-order valence-corrected chi connectivity index (χ0v) is 14.4. The predicted molar refractivity (Wildman–Crippen MR) is 94.5 cm³/mol. The second-order valence-electron chi connectivity index (χ2n) is 6.30. The number of ether oxygens (including phenoxy) is 1. The van der Waals surface area contributed by atoms with Crippen molar-refractivity contribution in [1.29, 1.82) is 0 Å². The third-order valence-electron chi connectivity index (χ3n) is 4.42. The maximum atomic E-state index is 12.5. The number of aromatic nitrogens is 2. The summed E-state index contributed by atoms with van der Waals surface area (Å²) in [7, 11) is 1.54. The van der Waals surface area contributed by atoms with Gasteiger partial charge in [-0.15, -0.1) is 0 Å². The molecule has 0 aliphatic carbocycles. The summed E-state index contributed by atoms with van der Waals surface area (Å²) < 4.78 is 7.10. The van der Waals surface area contributed by atoms with Gasteiger partial charge in [-0.2, -0.15) is 5.10 Å². The summed E-state index contributed by atoms with van der Waals surface area (Å²) in [5.41, 5.74) is 1.39. The predicted octanol–water partition coefficient (Wildman–Crippen LogP) is 1.64. The van der Waals surface area contributed by atoms with E-state index < -0.39 is 0 Å². The second kappa shape index (κ2) is 8.07. The number of carbonyl (C=O) groups is 1. The van der Waals surface area contributed by atoms with E-state index in [4.69, 9.17) is 4.74 Å². The van der Waals surface area contributed by atoms with Gasteiger partial charge in [0.05, 0.1) is 6.10 Å². The molecule has 1 aromatic heterocycles. The van der Waals surface area contributed by atoms with E-state index in [1.165, 1.54) is 22.4 Å². The van der Waals surface area contributed by atoms with Crippen molar-refractivity contribution < 1.29 is 9.53 Å². The van der Waals surface area contributed by atoms with Gasteiger partial charge in [-0.25, -0.2) is 4.68 Å². The molecule has 0 N–H and O–H groups in total. The Balaban J connectivity index is 1.44. The van der Waals surface area contributed by atoms with Gasteiger partial charge >= 0.3 is 0 Å². The lowest BCUT2D eigenvalue weighted by atomic mass is 10.1. The van der Waals surface area contributed by atoms with Crippen molar-refractivity contribution in [2.24, 2.45) is 7.05 Å². The van der Waals surface area contributed by atoms with E-state index in [1.54, 1.807) is 11.9 Å². The summed E-state index contributed by atoms with van der Waals surface area (Å²) >= 11 is 0. The highest BCUT2D eigenvalue weighted by Gasteiger charge is 2.28. The van der Waals surface area contributed by atoms with Gasteiger partial charge in [-0.3, -0.25) is 9.59 Å². The summed E-state index contributed by atoms with van der Waals surface area (Å²) in [5.74, 6) is -0.147. The first kappa shape index (κ1) is 17.4. The number of aryl methyl sites for hydroxylation is 2. The molecule has 0 spiro atoms. The van der Waals surface area contributed by atoms with Gasteiger partial charge in [-0.1, -0.05) is 30.3 Å². The highest BCUT2D eigenvalue weighted by Crippen LogP contribution is 2.15. The molecule has 1 atom stereocenters. The van der Waals surface area contributed by atoms with Crippen molar-refractivity contribution in [3.8, 4) is 0 Å². The van der Waals surface area contributed by atoms with Gasteiger partial charge in [0, 0.05) is 32.8 Å². The molecular formula is C19H23N3O3. The molecule has 6 heteroatoms. The quantitative estimate of drug-likeness (QED) is 0.750. The first-order chi connectivity index (χ1) is 12.1. The maximum Gasteiger partial charge on any atom is 0.274 e. The van der Waals surface area contributed by atoms with Crippen LogP contribution in [0, 0.1) is 0 Å². The Bertz CT molecular complexity index is 773. The Hall–Kier alpha value is -2.47. The van der Waals surface area contributed by atoms with E-state index in [0.717, 1.165) is 19.3 Å². The molecule has 0 radical (unpaired) electrons. The topological polar surface area (TPSA) is 64.4 Å². The van der Waals surface area contributed by atoms with Crippen LogP contribution in [0.2, 0.25) is 0 Å². The number of benzene rings is 1. The van der Waals surface area contributed by atoms with Gasteiger partial charge < -0.3 is 9.64 Å². The summed E-state index contributed by atoms with van der Waals surface area (Å²) in [5, 5.41) is 4.02. The summed E-state index contributed by atoms with van der Waals surface area (Å²) in [6.07, 6.45) is 2.88. The number of rotatable bonds is 6. The average Bonchev–Trinajstić information content (AvgIpc) is 3.10. The molecule has 0 unspecified atom stereocenters. The van der Waals surface area contributed by atoms with Gasteiger partial charge in [-0.05, 0) is 30.9 Å². The Morgan fingerprint density at radius 3 is 2.80 bits per heavy atom. The van der Waals surface area contributed by atoms with Gasteiger partial charge in [0.15, 0.2) is 0 Å². The molecule has 3 rings (SSSR count). The van der Waals surface area contributed by atoms with E-state index in [2.05, 4.69) is 17.2 Å². The van der Waals surface area contributed by atoms with Crippen molar-refractivity contribution in [3.05, 3.63) is 64.1 Å². The average molecular weight is 341 g/mol. The zero-order chi connectivity index (χ0) is 17.6. The number of carbonyl (C=O) groups excluding carboxylic acids is 1. The molecular weight excluding hydrogens is 318 g/mol. The molecule has 132 valence electrons. The van der Waals surface area contributed by atoms with Crippen LogP contribution in [0.25, 0.3) is 0 Å².